The van der Waals surface area contributed by atoms with Crippen LogP contribution < -0.4 is 5.73 Å². The average Bonchev–Trinajstić information content (AvgIpc) is 3.09. The minimum Gasteiger partial charge on any atom is -0.383 e. The fraction of sp³-hybridized carbons (Fsp3) is 0.308. The molecule has 0 aliphatic rings. The number of thiazole rings is 1. The Morgan fingerprint density at radius 1 is 1.40 bits per heavy atom. The van der Waals surface area contributed by atoms with Crippen molar-refractivity contribution in [1.29, 1.82) is 0 Å². The first-order valence-electron chi connectivity index (χ1n) is 6.41. The Morgan fingerprint density at radius 3 is 2.80 bits per heavy atom. The number of nitrogens with zero attached hydrogens (tertiary/aromatic N) is 4. The van der Waals surface area contributed by atoms with E-state index >= 15 is 0 Å². The molecule has 0 aliphatic carbocycles. The van der Waals surface area contributed by atoms with E-state index in [2.05, 4.69) is 34.1 Å². The molecule has 3 rings (SSSR count). The quantitative estimate of drug-likeness (QED) is 0.775. The second-order valence-corrected chi connectivity index (χ2v) is 5.45. The van der Waals surface area contributed by atoms with Crippen molar-refractivity contribution in [1.82, 2.24) is 25.0 Å². The van der Waals surface area contributed by atoms with Crippen molar-refractivity contribution < 1.29 is 0 Å². The van der Waals surface area contributed by atoms with E-state index < -0.39 is 0 Å². The number of aromatic nitrogens is 5. The summed E-state index contributed by atoms with van der Waals surface area (Å²) in [6.07, 6.45) is 1.70. The van der Waals surface area contributed by atoms with Crippen LogP contribution in [0.1, 0.15) is 18.3 Å². The number of nitrogens with one attached hydrogen (secondary N) is 1. The van der Waals surface area contributed by atoms with Crippen LogP contribution in [-0.4, -0.2) is 25.0 Å². The molecule has 0 atom stereocenters. The number of nitrogen functional groups attached to an aromatic ring is 1. The first-order valence-corrected chi connectivity index (χ1v) is 7.29. The third-order valence-electron chi connectivity index (χ3n) is 3.34. The van der Waals surface area contributed by atoms with Gasteiger partial charge in [0, 0.05) is 23.2 Å². The summed E-state index contributed by atoms with van der Waals surface area (Å²) in [6.45, 7) is 7.03. The Balaban J connectivity index is 2.07. The van der Waals surface area contributed by atoms with Crippen LogP contribution in [0.25, 0.3) is 21.8 Å². The minimum atomic E-state index is 0.545. The van der Waals surface area contributed by atoms with Crippen molar-refractivity contribution in [3.8, 4) is 21.8 Å². The average molecular weight is 288 g/mol. The van der Waals surface area contributed by atoms with Crippen LogP contribution in [0.3, 0.4) is 0 Å². The monoisotopic (exact) mass is 288 g/mol. The fourth-order valence-electron chi connectivity index (χ4n) is 2.35. The normalized spacial score (nSPS) is 11.2. The first kappa shape index (κ1) is 12.9. The molecule has 0 bridgehead atoms. The van der Waals surface area contributed by atoms with Crippen molar-refractivity contribution in [3.63, 3.8) is 0 Å². The van der Waals surface area contributed by atoms with Gasteiger partial charge in [-0.25, -0.2) is 4.98 Å². The molecule has 0 aliphatic heterocycles. The topological polar surface area (TPSA) is 85.4 Å². The largest absolute Gasteiger partial charge is 0.383 e. The minimum absolute atomic E-state index is 0.545. The Bertz CT molecular complexity index is 751. The van der Waals surface area contributed by atoms with Gasteiger partial charge in [0.05, 0.1) is 23.1 Å². The second-order valence-electron chi connectivity index (χ2n) is 4.60. The Hall–Kier alpha value is -2.15. The summed E-state index contributed by atoms with van der Waals surface area (Å²) in [6, 6.07) is 0. The molecule has 3 aromatic rings. The van der Waals surface area contributed by atoms with E-state index in [4.69, 9.17) is 5.73 Å². The highest BCUT2D eigenvalue weighted by Gasteiger charge is 2.17. The Kier molecular flexibility index (Phi) is 3.06. The van der Waals surface area contributed by atoms with Crippen LogP contribution in [0.5, 0.6) is 0 Å². The van der Waals surface area contributed by atoms with Gasteiger partial charge in [0.1, 0.15) is 10.8 Å². The van der Waals surface area contributed by atoms with Gasteiger partial charge in [0.2, 0.25) is 0 Å². The maximum Gasteiger partial charge on any atom is 0.129 e. The molecule has 0 aromatic carbocycles. The van der Waals surface area contributed by atoms with Crippen LogP contribution in [0, 0.1) is 13.8 Å². The smallest absolute Gasteiger partial charge is 0.129 e. The molecule has 0 radical (unpaired) electrons. The molecule has 3 N–H and O–H groups in total. The van der Waals surface area contributed by atoms with Gasteiger partial charge < -0.3 is 5.73 Å². The standard InChI is InChI=1S/C13H16N6S/c1-4-19-8(3)11(7(2)18-19)10-6-20-13(16-10)9-5-15-17-12(9)14/h5-6H,4H2,1-3H3,(H3,14,15,17). The summed E-state index contributed by atoms with van der Waals surface area (Å²) in [4.78, 5) is 4.68. The molecule has 0 unspecified atom stereocenters. The molecular weight excluding hydrogens is 272 g/mol. The van der Waals surface area contributed by atoms with Crippen LogP contribution >= 0.6 is 11.3 Å². The first-order chi connectivity index (χ1) is 9.61. The third kappa shape index (κ3) is 1.90. The molecule has 104 valence electrons. The van der Waals surface area contributed by atoms with Gasteiger partial charge in [0.25, 0.3) is 0 Å². The van der Waals surface area contributed by atoms with E-state index in [0.717, 1.165) is 39.8 Å². The number of aromatic amines is 1. The maximum atomic E-state index is 5.84. The lowest BCUT2D eigenvalue weighted by molar-refractivity contribution is 0.634. The van der Waals surface area contributed by atoms with Crippen LogP contribution in [0.4, 0.5) is 5.82 Å². The van der Waals surface area contributed by atoms with E-state index in [9.17, 15) is 0 Å². The molecule has 0 saturated carbocycles. The highest BCUT2D eigenvalue weighted by atomic mass is 32.1. The van der Waals surface area contributed by atoms with Crippen LogP contribution in [-0.2, 0) is 6.54 Å². The van der Waals surface area contributed by atoms with Gasteiger partial charge in [0.15, 0.2) is 0 Å². The predicted octanol–water partition coefficient (Wildman–Crippen LogP) is 2.62. The van der Waals surface area contributed by atoms with Gasteiger partial charge in [-0.1, -0.05) is 0 Å². The zero-order valence-corrected chi connectivity index (χ0v) is 12.5. The summed E-state index contributed by atoms with van der Waals surface area (Å²) in [5, 5.41) is 14.1. The zero-order chi connectivity index (χ0) is 14.3. The van der Waals surface area contributed by atoms with Gasteiger partial charge >= 0.3 is 0 Å². The summed E-state index contributed by atoms with van der Waals surface area (Å²) < 4.78 is 2.00. The summed E-state index contributed by atoms with van der Waals surface area (Å²) in [5.74, 6) is 0.545. The number of hydrogen-bond acceptors (Lipinski definition) is 5. The number of rotatable bonds is 3. The van der Waals surface area contributed by atoms with Gasteiger partial charge in [-0.2, -0.15) is 10.2 Å². The number of H-pyrrole nitrogens is 1. The number of anilines is 1. The lowest BCUT2D eigenvalue weighted by atomic mass is 10.1. The highest BCUT2D eigenvalue weighted by Crippen LogP contribution is 2.33. The summed E-state index contributed by atoms with van der Waals surface area (Å²) in [7, 11) is 0. The Morgan fingerprint density at radius 2 is 2.20 bits per heavy atom. The molecular formula is C13H16N6S. The SMILES string of the molecule is CCn1nc(C)c(-c2csc(-c3cn[nH]c3N)n2)c1C. The van der Waals surface area contributed by atoms with Gasteiger partial charge in [-0.15, -0.1) is 11.3 Å². The molecule has 0 amide bonds. The fourth-order valence-corrected chi connectivity index (χ4v) is 3.19. The number of hydrogen-bond donors (Lipinski definition) is 2. The number of aryl methyl sites for hydroxylation is 2. The van der Waals surface area contributed by atoms with E-state index in [1.54, 1.807) is 17.5 Å². The molecule has 0 fully saturated rings. The van der Waals surface area contributed by atoms with E-state index in [1.165, 1.54) is 0 Å². The van der Waals surface area contributed by atoms with Crippen molar-refractivity contribution in [2.75, 3.05) is 5.73 Å². The molecule has 20 heavy (non-hydrogen) atoms. The zero-order valence-electron chi connectivity index (χ0n) is 11.6. The van der Waals surface area contributed by atoms with Gasteiger partial charge in [-0.05, 0) is 20.8 Å². The van der Waals surface area contributed by atoms with E-state index in [0.29, 0.717) is 5.82 Å². The van der Waals surface area contributed by atoms with Gasteiger partial charge in [-0.3, -0.25) is 9.78 Å². The number of nitrogens with two attached hydrogens (primary N) is 1. The van der Waals surface area contributed by atoms with Crippen LogP contribution in [0.15, 0.2) is 11.6 Å². The summed E-state index contributed by atoms with van der Waals surface area (Å²) in [5.41, 5.74) is 10.9. The van der Waals surface area contributed by atoms with Crippen LogP contribution in [0.2, 0.25) is 0 Å². The molecule has 0 saturated heterocycles. The molecule has 3 heterocycles. The van der Waals surface area contributed by atoms with Crippen molar-refractivity contribution in [2.24, 2.45) is 0 Å². The van der Waals surface area contributed by atoms with E-state index in [1.807, 2.05) is 17.0 Å². The maximum absolute atomic E-state index is 5.84. The molecule has 6 nitrogen and oxygen atoms in total. The lowest BCUT2D eigenvalue weighted by Gasteiger charge is -1.99. The van der Waals surface area contributed by atoms with Crippen molar-refractivity contribution in [3.05, 3.63) is 23.0 Å². The predicted molar refractivity (Wildman–Crippen MR) is 80.5 cm³/mol. The molecule has 0 spiro atoms. The third-order valence-corrected chi connectivity index (χ3v) is 4.22. The van der Waals surface area contributed by atoms with E-state index in [-0.39, 0.29) is 0 Å². The Labute approximate surface area is 120 Å². The molecule has 3 aromatic heterocycles. The highest BCUT2D eigenvalue weighted by molar-refractivity contribution is 7.13. The second kappa shape index (κ2) is 4.75. The van der Waals surface area contributed by atoms with Crippen molar-refractivity contribution in [2.45, 2.75) is 27.3 Å². The lowest BCUT2D eigenvalue weighted by Crippen LogP contribution is -1.98. The molecule has 7 heteroatoms. The van der Waals surface area contributed by atoms with Crippen molar-refractivity contribution >= 4 is 17.2 Å². The summed E-state index contributed by atoms with van der Waals surface area (Å²) >= 11 is 1.56.